The van der Waals surface area contributed by atoms with Crippen LogP contribution in [0.25, 0.3) is 10.9 Å². The van der Waals surface area contributed by atoms with Crippen LogP contribution >= 0.6 is 0 Å². The SMILES string of the molecule is O=c1c2ccc(C#Cc3ccccn3)cc2nc2n1C[C@@H]1CCCN21. The Labute approximate surface area is 145 Å². The number of rotatable bonds is 0. The molecule has 0 aliphatic carbocycles. The summed E-state index contributed by atoms with van der Waals surface area (Å²) in [5.41, 5.74) is 2.34. The summed E-state index contributed by atoms with van der Waals surface area (Å²) in [5, 5.41) is 0.660. The van der Waals surface area contributed by atoms with Gasteiger partial charge in [-0.2, -0.15) is 0 Å². The highest BCUT2D eigenvalue weighted by atomic mass is 16.1. The normalized spacial score (nSPS) is 17.9. The first-order chi connectivity index (χ1) is 12.3. The van der Waals surface area contributed by atoms with Gasteiger partial charge < -0.3 is 4.90 Å². The maximum absolute atomic E-state index is 12.8. The number of benzene rings is 1. The van der Waals surface area contributed by atoms with Crippen LogP contribution in [0, 0.1) is 11.8 Å². The van der Waals surface area contributed by atoms with E-state index >= 15 is 0 Å². The quantitative estimate of drug-likeness (QED) is 0.594. The standard InChI is InChI=1S/C20H16N4O/c25-19-17-9-7-14(6-8-15-4-1-2-10-21-15)12-18(17)22-20-23-11-3-5-16(23)13-24(19)20/h1-2,4,7,9-10,12,16H,3,5,11,13H2/t16-/m0/s1. The molecule has 1 fully saturated rings. The Morgan fingerprint density at radius 1 is 1.16 bits per heavy atom. The first-order valence-electron chi connectivity index (χ1n) is 8.54. The van der Waals surface area contributed by atoms with Crippen molar-refractivity contribution in [1.29, 1.82) is 0 Å². The Kier molecular flexibility index (Phi) is 3.10. The summed E-state index contributed by atoms with van der Waals surface area (Å²) in [6.07, 6.45) is 4.04. The fourth-order valence-corrected chi connectivity index (χ4v) is 3.74. The summed E-state index contributed by atoms with van der Waals surface area (Å²) in [7, 11) is 0. The molecule has 0 N–H and O–H groups in total. The molecule has 1 saturated heterocycles. The molecule has 5 rings (SSSR count). The summed E-state index contributed by atoms with van der Waals surface area (Å²) in [5.74, 6) is 6.97. The first kappa shape index (κ1) is 14.2. The average Bonchev–Trinajstić information content (AvgIpc) is 3.23. The van der Waals surface area contributed by atoms with Gasteiger partial charge in [-0.05, 0) is 49.1 Å². The molecule has 0 bridgehead atoms. The van der Waals surface area contributed by atoms with Crippen LogP contribution in [-0.2, 0) is 6.54 Å². The van der Waals surface area contributed by atoms with Crippen molar-refractivity contribution < 1.29 is 0 Å². The minimum Gasteiger partial charge on any atom is -0.337 e. The lowest BCUT2D eigenvalue weighted by atomic mass is 10.1. The Morgan fingerprint density at radius 2 is 2.12 bits per heavy atom. The molecule has 25 heavy (non-hydrogen) atoms. The second-order valence-electron chi connectivity index (χ2n) is 6.51. The molecule has 0 amide bonds. The van der Waals surface area contributed by atoms with Gasteiger partial charge in [0.2, 0.25) is 5.95 Å². The van der Waals surface area contributed by atoms with Crippen molar-refractivity contribution in [3.63, 3.8) is 0 Å². The lowest BCUT2D eigenvalue weighted by Gasteiger charge is -2.15. The van der Waals surface area contributed by atoms with Gasteiger partial charge in [0.15, 0.2) is 0 Å². The first-order valence-corrected chi connectivity index (χ1v) is 8.54. The molecule has 2 aliphatic rings. The molecule has 0 unspecified atom stereocenters. The monoisotopic (exact) mass is 328 g/mol. The van der Waals surface area contributed by atoms with Crippen molar-refractivity contribution in [2.45, 2.75) is 25.4 Å². The number of hydrogen-bond acceptors (Lipinski definition) is 4. The fraction of sp³-hybridized carbons (Fsp3) is 0.250. The summed E-state index contributed by atoms with van der Waals surface area (Å²) < 4.78 is 1.82. The van der Waals surface area contributed by atoms with Crippen LogP contribution in [0.4, 0.5) is 5.95 Å². The summed E-state index contributed by atoms with van der Waals surface area (Å²) in [4.78, 5) is 24.0. The number of fused-ring (bicyclic) bond motifs is 4. The molecule has 1 atom stereocenters. The minimum absolute atomic E-state index is 0.0543. The van der Waals surface area contributed by atoms with Crippen molar-refractivity contribution in [3.8, 4) is 11.8 Å². The summed E-state index contributed by atoms with van der Waals surface area (Å²) in [6.45, 7) is 1.75. The van der Waals surface area contributed by atoms with Crippen LogP contribution in [0.2, 0.25) is 0 Å². The van der Waals surface area contributed by atoms with Crippen molar-refractivity contribution in [2.24, 2.45) is 0 Å². The highest BCUT2D eigenvalue weighted by molar-refractivity contribution is 5.80. The molecule has 3 aromatic rings. The number of anilines is 1. The number of pyridine rings is 1. The zero-order chi connectivity index (χ0) is 16.8. The lowest BCUT2D eigenvalue weighted by Crippen LogP contribution is -2.24. The molecular weight excluding hydrogens is 312 g/mol. The van der Waals surface area contributed by atoms with E-state index < -0.39 is 0 Å². The van der Waals surface area contributed by atoms with Crippen LogP contribution < -0.4 is 10.5 Å². The van der Waals surface area contributed by atoms with E-state index in [1.54, 1.807) is 6.20 Å². The molecule has 0 spiro atoms. The Bertz CT molecular complexity index is 1090. The van der Waals surface area contributed by atoms with Gasteiger partial charge in [0.25, 0.3) is 5.56 Å². The van der Waals surface area contributed by atoms with E-state index in [0.29, 0.717) is 11.4 Å². The van der Waals surface area contributed by atoms with Crippen LogP contribution in [0.5, 0.6) is 0 Å². The van der Waals surface area contributed by atoms with Gasteiger partial charge in [0.1, 0.15) is 5.69 Å². The van der Waals surface area contributed by atoms with Gasteiger partial charge in [-0.15, -0.1) is 0 Å². The molecule has 122 valence electrons. The van der Waals surface area contributed by atoms with Crippen LogP contribution in [0.1, 0.15) is 24.1 Å². The fourth-order valence-electron chi connectivity index (χ4n) is 3.74. The Hall–Kier alpha value is -3.13. The summed E-state index contributed by atoms with van der Waals surface area (Å²) >= 11 is 0. The third-order valence-electron chi connectivity index (χ3n) is 4.96. The van der Waals surface area contributed by atoms with Gasteiger partial charge in [-0.25, -0.2) is 9.97 Å². The predicted molar refractivity (Wildman–Crippen MR) is 96.6 cm³/mol. The number of aromatic nitrogens is 3. The average molecular weight is 328 g/mol. The lowest BCUT2D eigenvalue weighted by molar-refractivity contribution is 0.614. The molecule has 2 aromatic heterocycles. The van der Waals surface area contributed by atoms with Crippen LogP contribution in [0.15, 0.2) is 47.4 Å². The van der Waals surface area contributed by atoms with E-state index in [2.05, 4.69) is 21.7 Å². The van der Waals surface area contributed by atoms with Crippen LogP contribution in [0.3, 0.4) is 0 Å². The van der Waals surface area contributed by atoms with E-state index in [-0.39, 0.29) is 5.56 Å². The van der Waals surface area contributed by atoms with E-state index in [1.165, 1.54) is 6.42 Å². The summed E-state index contributed by atoms with van der Waals surface area (Å²) in [6, 6.07) is 11.7. The van der Waals surface area contributed by atoms with E-state index in [4.69, 9.17) is 4.98 Å². The molecule has 0 radical (unpaired) electrons. The molecule has 0 saturated carbocycles. The Balaban J connectivity index is 1.60. The Morgan fingerprint density at radius 3 is 3.00 bits per heavy atom. The third kappa shape index (κ3) is 2.30. The van der Waals surface area contributed by atoms with Crippen molar-refractivity contribution in [2.75, 3.05) is 11.4 Å². The molecule has 4 heterocycles. The second-order valence-corrected chi connectivity index (χ2v) is 6.51. The van der Waals surface area contributed by atoms with Crippen molar-refractivity contribution in [1.82, 2.24) is 14.5 Å². The van der Waals surface area contributed by atoms with E-state index in [0.717, 1.165) is 42.2 Å². The smallest absolute Gasteiger partial charge is 0.262 e. The maximum atomic E-state index is 12.8. The van der Waals surface area contributed by atoms with Gasteiger partial charge >= 0.3 is 0 Å². The van der Waals surface area contributed by atoms with E-state index in [9.17, 15) is 4.79 Å². The zero-order valence-corrected chi connectivity index (χ0v) is 13.6. The topological polar surface area (TPSA) is 51.0 Å². The highest BCUT2D eigenvalue weighted by Crippen LogP contribution is 2.31. The largest absolute Gasteiger partial charge is 0.337 e. The van der Waals surface area contributed by atoms with Gasteiger partial charge in [0, 0.05) is 24.8 Å². The van der Waals surface area contributed by atoms with Gasteiger partial charge in [-0.3, -0.25) is 9.36 Å². The number of nitrogens with zero attached hydrogens (tertiary/aromatic N) is 4. The van der Waals surface area contributed by atoms with Crippen molar-refractivity contribution >= 4 is 16.9 Å². The minimum atomic E-state index is 0.0543. The highest BCUT2D eigenvalue weighted by Gasteiger charge is 2.35. The molecule has 2 aliphatic heterocycles. The third-order valence-corrected chi connectivity index (χ3v) is 4.96. The molecule has 5 heteroatoms. The molecule has 1 aromatic carbocycles. The van der Waals surface area contributed by atoms with E-state index in [1.807, 2.05) is 41.0 Å². The maximum Gasteiger partial charge on any atom is 0.262 e. The molecular formula is C20H16N4O. The molecule has 5 nitrogen and oxygen atoms in total. The number of hydrogen-bond donors (Lipinski definition) is 0. The van der Waals surface area contributed by atoms with Crippen LogP contribution in [-0.4, -0.2) is 27.1 Å². The van der Waals surface area contributed by atoms with Gasteiger partial charge in [0.05, 0.1) is 16.9 Å². The zero-order valence-electron chi connectivity index (χ0n) is 13.6. The van der Waals surface area contributed by atoms with Crippen molar-refractivity contribution in [3.05, 3.63) is 64.2 Å². The predicted octanol–water partition coefficient (Wildman–Crippen LogP) is 2.17. The van der Waals surface area contributed by atoms with Gasteiger partial charge in [-0.1, -0.05) is 12.0 Å². The second kappa shape index (κ2) is 5.45.